The maximum Gasteiger partial charge on any atom is 0.0707 e. The van der Waals surface area contributed by atoms with Gasteiger partial charge < -0.3 is 0 Å². The fraction of sp³-hybridized carbons (Fsp3) is 0.250. The lowest BCUT2D eigenvalue weighted by molar-refractivity contribution is 1.09. The molecule has 1 aromatic carbocycles. The van der Waals surface area contributed by atoms with Gasteiger partial charge in [-0.1, -0.05) is 73.8 Å². The summed E-state index contributed by atoms with van der Waals surface area (Å²) in [6.45, 7) is 5.02. The first-order valence-electron chi connectivity index (χ1n) is 6.32. The van der Waals surface area contributed by atoms with E-state index in [1.807, 2.05) is 0 Å². The summed E-state index contributed by atoms with van der Waals surface area (Å²) in [6, 6.07) is 8.84. The van der Waals surface area contributed by atoms with Crippen molar-refractivity contribution in [3.05, 3.63) is 65.8 Å². The van der Waals surface area contributed by atoms with Crippen molar-refractivity contribution >= 4 is 14.1 Å². The number of fused-ring (bicyclic) bond motifs is 1. The predicted octanol–water partition coefficient (Wildman–Crippen LogP) is 4.54. The van der Waals surface area contributed by atoms with Gasteiger partial charge in [0.25, 0.3) is 0 Å². The molecule has 0 aromatic heterocycles. The van der Waals surface area contributed by atoms with Crippen LogP contribution in [-0.2, 0) is 0 Å². The first-order valence-corrected chi connectivity index (χ1v) is 9.47. The molecular weight excluding hydrogens is 220 g/mol. The highest BCUT2D eigenvalue weighted by Gasteiger charge is 2.39. The molecule has 0 bridgehead atoms. The number of benzene rings is 1. The highest BCUT2D eigenvalue weighted by Crippen LogP contribution is 2.44. The molecule has 1 atom stereocenters. The minimum Gasteiger partial charge on any atom is -0.0803 e. The van der Waals surface area contributed by atoms with Crippen molar-refractivity contribution in [1.29, 1.82) is 0 Å². The molecule has 0 spiro atoms. The highest BCUT2D eigenvalue weighted by molar-refractivity contribution is 6.81. The van der Waals surface area contributed by atoms with Crippen molar-refractivity contribution in [1.82, 2.24) is 0 Å². The van der Waals surface area contributed by atoms with E-state index in [4.69, 9.17) is 0 Å². The molecule has 0 saturated carbocycles. The van der Waals surface area contributed by atoms with Gasteiger partial charge in [-0.05, 0) is 22.2 Å². The summed E-state index contributed by atoms with van der Waals surface area (Å²) in [5, 5.41) is 0. The van der Waals surface area contributed by atoms with Gasteiger partial charge in [-0.25, -0.2) is 0 Å². The van der Waals surface area contributed by atoms with E-state index in [0.29, 0.717) is 11.1 Å². The second-order valence-corrected chi connectivity index (χ2v) is 10.5. The van der Waals surface area contributed by atoms with E-state index in [1.165, 1.54) is 11.1 Å². The molecule has 2 aliphatic carbocycles. The Hall–Kier alpha value is -1.34. The van der Waals surface area contributed by atoms with Crippen LogP contribution in [0.4, 0.5) is 0 Å². The molecule has 0 saturated heterocycles. The van der Waals surface area contributed by atoms with E-state index < -0.39 is 8.07 Å². The van der Waals surface area contributed by atoms with Crippen molar-refractivity contribution in [2.45, 2.75) is 24.2 Å². The molecule has 1 aromatic rings. The Balaban J connectivity index is 1.99. The standard InChI is InChI=1S/C16H18Si/c1-17(2,14-8-4-5-9-14)16-12-11-13-7-3-6-10-15(13)16/h3-12,14,16H,1-2H3. The maximum absolute atomic E-state index is 2.51. The lowest BCUT2D eigenvalue weighted by atomic mass is 10.1. The van der Waals surface area contributed by atoms with E-state index in [0.717, 1.165) is 0 Å². The third kappa shape index (κ3) is 1.66. The summed E-state index contributed by atoms with van der Waals surface area (Å²) >= 11 is 0. The normalized spacial score (nSPS) is 22.4. The van der Waals surface area contributed by atoms with Crippen molar-refractivity contribution in [3.8, 4) is 0 Å². The Morgan fingerprint density at radius 2 is 1.65 bits per heavy atom. The van der Waals surface area contributed by atoms with E-state index in [1.54, 1.807) is 0 Å². The predicted molar refractivity (Wildman–Crippen MR) is 77.7 cm³/mol. The second kappa shape index (κ2) is 3.85. The minimum atomic E-state index is -1.35. The van der Waals surface area contributed by atoms with Gasteiger partial charge in [0.05, 0.1) is 8.07 Å². The number of rotatable bonds is 2. The number of allylic oxidation sites excluding steroid dienone is 5. The Morgan fingerprint density at radius 3 is 2.41 bits per heavy atom. The van der Waals surface area contributed by atoms with Crippen LogP contribution in [0.2, 0.25) is 18.6 Å². The molecule has 0 radical (unpaired) electrons. The third-order valence-electron chi connectivity index (χ3n) is 4.21. The first-order chi connectivity index (χ1) is 8.19. The van der Waals surface area contributed by atoms with Crippen LogP contribution in [0.15, 0.2) is 54.6 Å². The first kappa shape index (κ1) is 10.8. The average Bonchev–Trinajstić information content (AvgIpc) is 2.99. The Bertz CT molecular complexity index is 508. The molecule has 0 amide bonds. The van der Waals surface area contributed by atoms with Gasteiger partial charge in [0, 0.05) is 0 Å². The molecule has 0 fully saturated rings. The molecule has 0 aliphatic heterocycles. The molecule has 2 aliphatic rings. The van der Waals surface area contributed by atoms with Gasteiger partial charge in [0.2, 0.25) is 0 Å². The monoisotopic (exact) mass is 238 g/mol. The molecule has 1 unspecified atom stereocenters. The zero-order valence-electron chi connectivity index (χ0n) is 10.4. The van der Waals surface area contributed by atoms with E-state index >= 15 is 0 Å². The Labute approximate surface area is 104 Å². The van der Waals surface area contributed by atoms with E-state index in [9.17, 15) is 0 Å². The van der Waals surface area contributed by atoms with Gasteiger partial charge >= 0.3 is 0 Å². The van der Waals surface area contributed by atoms with Crippen LogP contribution in [0.3, 0.4) is 0 Å². The van der Waals surface area contributed by atoms with Crippen LogP contribution in [0.5, 0.6) is 0 Å². The molecule has 1 heteroatoms. The zero-order chi connectivity index (χ0) is 11.9. The largest absolute Gasteiger partial charge is 0.0803 e. The Kier molecular flexibility index (Phi) is 2.44. The smallest absolute Gasteiger partial charge is 0.0707 e. The quantitative estimate of drug-likeness (QED) is 0.664. The topological polar surface area (TPSA) is 0 Å². The van der Waals surface area contributed by atoms with Crippen molar-refractivity contribution in [2.75, 3.05) is 0 Å². The van der Waals surface area contributed by atoms with Crippen LogP contribution in [0.25, 0.3) is 6.08 Å². The van der Waals surface area contributed by atoms with E-state index in [-0.39, 0.29) is 0 Å². The average molecular weight is 238 g/mol. The van der Waals surface area contributed by atoms with Crippen LogP contribution in [0.1, 0.15) is 16.7 Å². The third-order valence-corrected chi connectivity index (χ3v) is 8.42. The van der Waals surface area contributed by atoms with Gasteiger partial charge in [-0.2, -0.15) is 0 Å². The summed E-state index contributed by atoms with van der Waals surface area (Å²) in [7, 11) is -1.35. The van der Waals surface area contributed by atoms with Crippen LogP contribution in [0, 0.1) is 0 Å². The van der Waals surface area contributed by atoms with Gasteiger partial charge in [-0.15, -0.1) is 0 Å². The van der Waals surface area contributed by atoms with E-state index in [2.05, 4.69) is 73.8 Å². The summed E-state index contributed by atoms with van der Waals surface area (Å²) in [6.07, 6.45) is 13.9. The lowest BCUT2D eigenvalue weighted by Crippen LogP contribution is -2.37. The molecule has 0 heterocycles. The molecular formula is C16H18Si. The molecule has 0 N–H and O–H groups in total. The zero-order valence-corrected chi connectivity index (χ0v) is 11.4. The van der Waals surface area contributed by atoms with Crippen molar-refractivity contribution < 1.29 is 0 Å². The minimum absolute atomic E-state index is 0.663. The van der Waals surface area contributed by atoms with Crippen LogP contribution < -0.4 is 0 Å². The van der Waals surface area contributed by atoms with Gasteiger partial charge in [0.1, 0.15) is 0 Å². The maximum atomic E-state index is 2.51. The Morgan fingerprint density at radius 1 is 0.941 bits per heavy atom. The fourth-order valence-corrected chi connectivity index (χ4v) is 6.32. The fourth-order valence-electron chi connectivity index (χ4n) is 3.03. The van der Waals surface area contributed by atoms with Crippen LogP contribution in [-0.4, -0.2) is 8.07 Å². The van der Waals surface area contributed by atoms with Crippen LogP contribution >= 0.6 is 0 Å². The highest BCUT2D eigenvalue weighted by atomic mass is 28.3. The van der Waals surface area contributed by atoms with Crippen molar-refractivity contribution in [3.63, 3.8) is 0 Å². The van der Waals surface area contributed by atoms with Crippen molar-refractivity contribution in [2.24, 2.45) is 0 Å². The van der Waals surface area contributed by atoms with Gasteiger partial charge in [0.15, 0.2) is 0 Å². The molecule has 0 nitrogen and oxygen atoms in total. The summed E-state index contributed by atoms with van der Waals surface area (Å²) < 4.78 is 0. The molecule has 86 valence electrons. The summed E-state index contributed by atoms with van der Waals surface area (Å²) in [5.74, 6) is 0. The number of hydrogen-bond acceptors (Lipinski definition) is 0. The molecule has 3 rings (SSSR count). The molecule has 17 heavy (non-hydrogen) atoms. The summed E-state index contributed by atoms with van der Waals surface area (Å²) in [5.41, 5.74) is 4.31. The second-order valence-electron chi connectivity index (χ2n) is 5.58. The number of hydrogen-bond donors (Lipinski definition) is 0. The SMILES string of the molecule is C[Si](C)(C1C=CC=C1)C1C=Cc2ccccc21. The summed E-state index contributed by atoms with van der Waals surface area (Å²) in [4.78, 5) is 0. The van der Waals surface area contributed by atoms with Gasteiger partial charge in [-0.3, -0.25) is 0 Å². The lowest BCUT2D eigenvalue weighted by Gasteiger charge is -2.33.